The van der Waals surface area contributed by atoms with Crippen LogP contribution in [0.3, 0.4) is 0 Å². The van der Waals surface area contributed by atoms with Crippen molar-refractivity contribution in [2.24, 2.45) is 0 Å². The molecule has 0 aliphatic rings. The first-order valence-corrected chi connectivity index (χ1v) is 3.74. The number of Topliss-reactive ketones (excluding diaryl/α,β-unsaturated/α-hetero) is 1. The quantitative estimate of drug-likeness (QED) is 0.447. The normalized spacial score (nSPS) is 12.4. The van der Waals surface area contributed by atoms with Crippen LogP contribution in [0.2, 0.25) is 0 Å². The highest BCUT2D eigenvalue weighted by molar-refractivity contribution is 6.10. The molecule has 1 rings (SSSR count). The number of aromatic nitrogens is 1. The maximum atomic E-state index is 11.4. The van der Waals surface area contributed by atoms with E-state index >= 15 is 0 Å². The lowest BCUT2D eigenvalue weighted by atomic mass is 10.1. The molecule has 3 N–H and O–H groups in total. The van der Waals surface area contributed by atoms with Gasteiger partial charge in [0.15, 0.2) is 6.04 Å². The van der Waals surface area contributed by atoms with E-state index in [1.54, 1.807) is 12.3 Å². The molecule has 0 spiro atoms. The van der Waals surface area contributed by atoms with Gasteiger partial charge in [0, 0.05) is 6.20 Å². The van der Waals surface area contributed by atoms with Crippen molar-refractivity contribution in [1.82, 2.24) is 10.3 Å². The number of likely N-dealkylation sites (N-methyl/N-ethyl adjacent to an activating group) is 1. The number of rotatable bonds is 4. The number of carbonyl (C=O) groups excluding carboxylic acids is 1. The molecule has 1 atom stereocenters. The average molecular weight is 182 g/mol. The Labute approximate surface area is 74.8 Å². The third-order valence-corrected chi connectivity index (χ3v) is 1.66. The van der Waals surface area contributed by atoms with Gasteiger partial charge in [-0.3, -0.25) is 9.59 Å². The summed E-state index contributed by atoms with van der Waals surface area (Å²) >= 11 is 0. The van der Waals surface area contributed by atoms with Gasteiger partial charge in [0.1, 0.15) is 0 Å². The zero-order valence-electron chi connectivity index (χ0n) is 7.07. The van der Waals surface area contributed by atoms with E-state index in [1.807, 2.05) is 0 Å². The number of carboxylic acids is 1. The van der Waals surface area contributed by atoms with Crippen LogP contribution in [0, 0.1) is 0 Å². The van der Waals surface area contributed by atoms with Gasteiger partial charge >= 0.3 is 5.97 Å². The Bertz CT molecular complexity index is 305. The highest BCUT2D eigenvalue weighted by Crippen LogP contribution is 2.00. The first-order valence-electron chi connectivity index (χ1n) is 3.74. The monoisotopic (exact) mass is 182 g/mol. The minimum atomic E-state index is -1.18. The molecule has 0 saturated carbocycles. The second-order valence-electron chi connectivity index (χ2n) is 2.51. The number of hydrogen-bond acceptors (Lipinski definition) is 3. The average Bonchev–Trinajstić information content (AvgIpc) is 2.56. The smallest absolute Gasteiger partial charge is 0.328 e. The van der Waals surface area contributed by atoms with E-state index in [1.165, 1.54) is 13.1 Å². The second kappa shape index (κ2) is 3.86. The van der Waals surface area contributed by atoms with Crippen molar-refractivity contribution in [3.8, 4) is 0 Å². The van der Waals surface area contributed by atoms with Crippen molar-refractivity contribution in [3.63, 3.8) is 0 Å². The summed E-state index contributed by atoms with van der Waals surface area (Å²) in [4.78, 5) is 24.6. The number of ketones is 1. The van der Waals surface area contributed by atoms with Crippen LogP contribution in [0.5, 0.6) is 0 Å². The minimum Gasteiger partial charge on any atom is -0.480 e. The van der Waals surface area contributed by atoms with Gasteiger partial charge in [-0.15, -0.1) is 0 Å². The second-order valence-corrected chi connectivity index (χ2v) is 2.51. The maximum Gasteiger partial charge on any atom is 0.328 e. The summed E-state index contributed by atoms with van der Waals surface area (Å²) in [5, 5.41) is 11.1. The highest BCUT2D eigenvalue weighted by Gasteiger charge is 2.25. The fraction of sp³-hybridized carbons (Fsp3) is 0.250. The fourth-order valence-electron chi connectivity index (χ4n) is 1.01. The molecular formula is C8H10N2O3. The predicted octanol–water partition coefficient (Wildman–Crippen LogP) is -0.130. The van der Waals surface area contributed by atoms with Crippen molar-refractivity contribution in [1.29, 1.82) is 0 Å². The molecule has 1 unspecified atom stereocenters. The minimum absolute atomic E-state index is 0.293. The van der Waals surface area contributed by atoms with Gasteiger partial charge in [-0.2, -0.15) is 0 Å². The van der Waals surface area contributed by atoms with Crippen LogP contribution in [0.1, 0.15) is 10.5 Å². The number of carbonyl (C=O) groups is 2. The van der Waals surface area contributed by atoms with Crippen molar-refractivity contribution in [2.45, 2.75) is 6.04 Å². The largest absolute Gasteiger partial charge is 0.480 e. The van der Waals surface area contributed by atoms with Crippen LogP contribution >= 0.6 is 0 Å². The zero-order valence-corrected chi connectivity index (χ0v) is 7.07. The third kappa shape index (κ3) is 1.94. The first kappa shape index (κ1) is 9.47. The molecule has 5 nitrogen and oxygen atoms in total. The molecule has 0 saturated heterocycles. The molecule has 0 amide bonds. The predicted molar refractivity (Wildman–Crippen MR) is 45.6 cm³/mol. The van der Waals surface area contributed by atoms with Crippen LogP contribution in [0.15, 0.2) is 18.3 Å². The molecular weight excluding hydrogens is 172 g/mol. The number of aliphatic carboxylic acids is 1. The summed E-state index contributed by atoms with van der Waals surface area (Å²) in [5.41, 5.74) is 0.293. The van der Waals surface area contributed by atoms with Crippen LogP contribution in [-0.4, -0.2) is 34.9 Å². The lowest BCUT2D eigenvalue weighted by Gasteiger charge is -2.07. The molecule has 13 heavy (non-hydrogen) atoms. The number of nitrogens with one attached hydrogen (secondary N) is 2. The van der Waals surface area contributed by atoms with Crippen molar-refractivity contribution < 1.29 is 14.7 Å². The van der Waals surface area contributed by atoms with Gasteiger partial charge in [-0.25, -0.2) is 0 Å². The molecule has 1 aromatic rings. The lowest BCUT2D eigenvalue weighted by Crippen LogP contribution is -2.41. The SMILES string of the molecule is CNC(C(=O)O)C(=O)c1ccc[nH]1. The Morgan fingerprint density at radius 3 is 2.69 bits per heavy atom. The van der Waals surface area contributed by atoms with Gasteiger partial charge in [0.2, 0.25) is 5.78 Å². The Hall–Kier alpha value is -1.62. The van der Waals surface area contributed by atoms with Crippen molar-refractivity contribution in [3.05, 3.63) is 24.0 Å². The Balaban J connectivity index is 2.83. The van der Waals surface area contributed by atoms with E-state index in [0.717, 1.165) is 0 Å². The Morgan fingerprint density at radius 2 is 2.31 bits per heavy atom. The molecule has 1 heterocycles. The Kier molecular flexibility index (Phi) is 2.81. The molecule has 0 aliphatic heterocycles. The van der Waals surface area contributed by atoms with Crippen molar-refractivity contribution in [2.75, 3.05) is 7.05 Å². The summed E-state index contributed by atoms with van der Waals surface area (Å²) in [7, 11) is 1.43. The molecule has 0 aliphatic carbocycles. The molecule has 70 valence electrons. The van der Waals surface area contributed by atoms with Crippen LogP contribution in [0.25, 0.3) is 0 Å². The van der Waals surface area contributed by atoms with Crippen LogP contribution in [0.4, 0.5) is 0 Å². The van der Waals surface area contributed by atoms with E-state index in [-0.39, 0.29) is 0 Å². The van der Waals surface area contributed by atoms with Crippen molar-refractivity contribution >= 4 is 11.8 Å². The molecule has 5 heteroatoms. The van der Waals surface area contributed by atoms with Crippen LogP contribution < -0.4 is 5.32 Å². The molecule has 0 radical (unpaired) electrons. The summed E-state index contributed by atoms with van der Waals surface area (Å²) in [6.07, 6.45) is 1.57. The summed E-state index contributed by atoms with van der Waals surface area (Å²) in [6, 6.07) is 2.00. The van der Waals surface area contributed by atoms with Gasteiger partial charge in [-0.1, -0.05) is 0 Å². The maximum absolute atomic E-state index is 11.4. The molecule has 1 aromatic heterocycles. The topological polar surface area (TPSA) is 82.2 Å². The summed E-state index contributed by atoms with van der Waals surface area (Å²) in [6.45, 7) is 0. The van der Waals surface area contributed by atoms with Gasteiger partial charge in [0.05, 0.1) is 5.69 Å². The zero-order chi connectivity index (χ0) is 9.84. The summed E-state index contributed by atoms with van der Waals surface area (Å²) < 4.78 is 0. The number of hydrogen-bond donors (Lipinski definition) is 3. The number of aromatic amines is 1. The van der Waals surface area contributed by atoms with E-state index in [4.69, 9.17) is 5.11 Å². The first-order chi connectivity index (χ1) is 6.16. The molecule has 0 aromatic carbocycles. The van der Waals surface area contributed by atoms with Gasteiger partial charge in [-0.05, 0) is 19.2 Å². The highest BCUT2D eigenvalue weighted by atomic mass is 16.4. The lowest BCUT2D eigenvalue weighted by molar-refractivity contribution is -0.137. The van der Waals surface area contributed by atoms with E-state index in [9.17, 15) is 9.59 Å². The van der Waals surface area contributed by atoms with Gasteiger partial charge in [0.25, 0.3) is 0 Å². The standard InChI is InChI=1S/C8H10N2O3/c1-9-6(8(12)13)7(11)5-3-2-4-10-5/h2-4,6,9-10H,1H3,(H,12,13). The van der Waals surface area contributed by atoms with Crippen LogP contribution in [-0.2, 0) is 4.79 Å². The fourth-order valence-corrected chi connectivity index (χ4v) is 1.01. The number of carboxylic acid groups (broad SMARTS) is 1. The summed E-state index contributed by atoms with van der Waals surface area (Å²) in [5.74, 6) is -1.65. The molecule has 0 bridgehead atoms. The molecule has 0 fully saturated rings. The van der Waals surface area contributed by atoms with Gasteiger partial charge < -0.3 is 15.4 Å². The number of H-pyrrole nitrogens is 1. The Morgan fingerprint density at radius 1 is 1.62 bits per heavy atom. The van der Waals surface area contributed by atoms with E-state index in [0.29, 0.717) is 5.69 Å². The third-order valence-electron chi connectivity index (χ3n) is 1.66. The van der Waals surface area contributed by atoms with E-state index in [2.05, 4.69) is 10.3 Å². The van der Waals surface area contributed by atoms with E-state index < -0.39 is 17.8 Å².